The first kappa shape index (κ1) is 14.0. The number of sulfonamides is 1. The van der Waals surface area contributed by atoms with E-state index in [-0.39, 0.29) is 16.4 Å². The highest BCUT2D eigenvalue weighted by Gasteiger charge is 2.16. The van der Waals surface area contributed by atoms with Crippen molar-refractivity contribution in [3.63, 3.8) is 0 Å². The molecule has 7 heteroatoms. The Morgan fingerprint density at radius 3 is 2.65 bits per heavy atom. The van der Waals surface area contributed by atoms with Gasteiger partial charge in [-0.05, 0) is 30.3 Å². The number of amides is 1. The molecular formula is C13H13N3O3S. The van der Waals surface area contributed by atoms with Crippen LogP contribution in [0.2, 0.25) is 0 Å². The number of nitrogens with zero attached hydrogens (tertiary/aromatic N) is 1. The second-order valence-electron chi connectivity index (χ2n) is 3.95. The molecule has 1 amide bonds. The van der Waals surface area contributed by atoms with Gasteiger partial charge in [0, 0.05) is 18.8 Å². The highest BCUT2D eigenvalue weighted by atomic mass is 32.2. The standard InChI is InChI=1S/C13H13N3O3S/c1-14-13(17)10-4-2-6-12(8-10)20(18,19)16-11-5-3-7-15-9-11/h2-9,16H,1H3,(H,14,17). The van der Waals surface area contributed by atoms with E-state index in [4.69, 9.17) is 0 Å². The van der Waals surface area contributed by atoms with Crippen LogP contribution in [0.15, 0.2) is 53.7 Å². The highest BCUT2D eigenvalue weighted by molar-refractivity contribution is 7.92. The smallest absolute Gasteiger partial charge is 0.261 e. The molecule has 0 atom stereocenters. The van der Waals surface area contributed by atoms with Crippen LogP contribution in [0.1, 0.15) is 10.4 Å². The zero-order valence-electron chi connectivity index (χ0n) is 10.7. The molecule has 0 radical (unpaired) electrons. The molecule has 0 saturated heterocycles. The second kappa shape index (κ2) is 5.70. The quantitative estimate of drug-likeness (QED) is 0.887. The minimum Gasteiger partial charge on any atom is -0.355 e. The molecule has 2 N–H and O–H groups in total. The average molecular weight is 291 g/mol. The van der Waals surface area contributed by atoms with Crippen molar-refractivity contribution in [1.29, 1.82) is 0 Å². The summed E-state index contributed by atoms with van der Waals surface area (Å²) in [4.78, 5) is 15.4. The Kier molecular flexibility index (Phi) is 3.99. The molecule has 0 unspecified atom stereocenters. The lowest BCUT2D eigenvalue weighted by Gasteiger charge is -2.08. The molecule has 0 fully saturated rings. The Bertz CT molecular complexity index is 715. The first-order valence-corrected chi connectivity index (χ1v) is 7.26. The van der Waals surface area contributed by atoms with Crippen LogP contribution in [0.25, 0.3) is 0 Å². The summed E-state index contributed by atoms with van der Waals surface area (Å²) in [6.45, 7) is 0. The number of carbonyl (C=O) groups is 1. The minimum atomic E-state index is -3.75. The van der Waals surface area contributed by atoms with Crippen molar-refractivity contribution in [3.8, 4) is 0 Å². The van der Waals surface area contributed by atoms with E-state index in [1.807, 2.05) is 0 Å². The second-order valence-corrected chi connectivity index (χ2v) is 5.64. The van der Waals surface area contributed by atoms with Gasteiger partial charge in [0.05, 0.1) is 16.8 Å². The maximum Gasteiger partial charge on any atom is 0.261 e. The minimum absolute atomic E-state index is 0.0162. The van der Waals surface area contributed by atoms with Crippen molar-refractivity contribution < 1.29 is 13.2 Å². The molecule has 1 aromatic carbocycles. The lowest BCUT2D eigenvalue weighted by Crippen LogP contribution is -2.19. The Labute approximate surface area is 116 Å². The van der Waals surface area contributed by atoms with Gasteiger partial charge in [0.2, 0.25) is 0 Å². The van der Waals surface area contributed by atoms with Crippen molar-refractivity contribution in [2.75, 3.05) is 11.8 Å². The molecule has 0 aliphatic carbocycles. The number of benzene rings is 1. The normalized spacial score (nSPS) is 10.8. The van der Waals surface area contributed by atoms with Gasteiger partial charge in [0.15, 0.2) is 0 Å². The molecule has 1 heterocycles. The van der Waals surface area contributed by atoms with Crippen LogP contribution >= 0.6 is 0 Å². The highest BCUT2D eigenvalue weighted by Crippen LogP contribution is 2.16. The van der Waals surface area contributed by atoms with Crippen LogP contribution in [0, 0.1) is 0 Å². The molecule has 0 aliphatic heterocycles. The van der Waals surface area contributed by atoms with Gasteiger partial charge in [-0.1, -0.05) is 6.07 Å². The lowest BCUT2D eigenvalue weighted by molar-refractivity contribution is 0.0963. The molecule has 104 valence electrons. The van der Waals surface area contributed by atoms with Gasteiger partial charge >= 0.3 is 0 Å². The van der Waals surface area contributed by atoms with E-state index in [1.54, 1.807) is 24.4 Å². The van der Waals surface area contributed by atoms with E-state index in [1.165, 1.54) is 31.4 Å². The largest absolute Gasteiger partial charge is 0.355 e. The van der Waals surface area contributed by atoms with E-state index in [0.717, 1.165) is 0 Å². The number of aromatic nitrogens is 1. The van der Waals surface area contributed by atoms with E-state index < -0.39 is 10.0 Å². The van der Waals surface area contributed by atoms with Gasteiger partial charge in [-0.25, -0.2) is 8.42 Å². The maximum atomic E-state index is 12.2. The summed E-state index contributed by atoms with van der Waals surface area (Å²) >= 11 is 0. The summed E-state index contributed by atoms with van der Waals surface area (Å²) in [6.07, 6.45) is 2.95. The predicted molar refractivity (Wildman–Crippen MR) is 74.9 cm³/mol. The fourth-order valence-corrected chi connectivity index (χ4v) is 2.67. The molecule has 2 rings (SSSR count). The summed E-state index contributed by atoms with van der Waals surface area (Å²) in [6, 6.07) is 9.01. The Balaban J connectivity index is 2.33. The van der Waals surface area contributed by atoms with Crippen LogP contribution in [0.5, 0.6) is 0 Å². The van der Waals surface area contributed by atoms with E-state index in [0.29, 0.717) is 5.69 Å². The summed E-state index contributed by atoms with van der Waals surface area (Å²) in [5, 5.41) is 2.45. The van der Waals surface area contributed by atoms with Crippen molar-refractivity contribution in [2.24, 2.45) is 0 Å². The monoisotopic (exact) mass is 291 g/mol. The Morgan fingerprint density at radius 1 is 1.20 bits per heavy atom. The molecule has 6 nitrogen and oxygen atoms in total. The number of nitrogens with one attached hydrogen (secondary N) is 2. The number of rotatable bonds is 4. The Morgan fingerprint density at radius 2 is 2.00 bits per heavy atom. The third-order valence-electron chi connectivity index (χ3n) is 2.55. The fourth-order valence-electron chi connectivity index (χ4n) is 1.59. The molecule has 0 aliphatic rings. The van der Waals surface area contributed by atoms with Crippen molar-refractivity contribution in [3.05, 3.63) is 54.4 Å². The molecule has 0 spiro atoms. The molecule has 20 heavy (non-hydrogen) atoms. The number of hydrogen-bond acceptors (Lipinski definition) is 4. The van der Waals surface area contributed by atoms with E-state index in [2.05, 4.69) is 15.0 Å². The summed E-state index contributed by atoms with van der Waals surface area (Å²) < 4.78 is 26.8. The van der Waals surface area contributed by atoms with Crippen molar-refractivity contribution in [2.45, 2.75) is 4.90 Å². The van der Waals surface area contributed by atoms with Gasteiger partial charge in [0.1, 0.15) is 0 Å². The van der Waals surface area contributed by atoms with Crippen LogP contribution < -0.4 is 10.0 Å². The SMILES string of the molecule is CNC(=O)c1cccc(S(=O)(=O)Nc2cccnc2)c1. The van der Waals surface area contributed by atoms with Crippen molar-refractivity contribution in [1.82, 2.24) is 10.3 Å². The van der Waals surface area contributed by atoms with Crippen molar-refractivity contribution >= 4 is 21.6 Å². The van der Waals surface area contributed by atoms with Gasteiger partial charge in [-0.15, -0.1) is 0 Å². The zero-order chi connectivity index (χ0) is 14.6. The van der Waals surface area contributed by atoms with Gasteiger partial charge in [-0.3, -0.25) is 14.5 Å². The molecule has 2 aromatic rings. The first-order chi connectivity index (χ1) is 9.53. The van der Waals surface area contributed by atoms with Crippen LogP contribution in [-0.4, -0.2) is 26.4 Å². The Hall–Kier alpha value is -2.41. The number of anilines is 1. The maximum absolute atomic E-state index is 12.2. The van der Waals surface area contributed by atoms with Crippen LogP contribution in [0.3, 0.4) is 0 Å². The van der Waals surface area contributed by atoms with Crippen LogP contribution in [-0.2, 0) is 10.0 Å². The first-order valence-electron chi connectivity index (χ1n) is 5.78. The summed E-state index contributed by atoms with van der Waals surface area (Å²) in [5.74, 6) is -0.344. The zero-order valence-corrected chi connectivity index (χ0v) is 11.5. The number of pyridine rings is 1. The van der Waals surface area contributed by atoms with Gasteiger partial charge < -0.3 is 5.32 Å². The van der Waals surface area contributed by atoms with E-state index in [9.17, 15) is 13.2 Å². The number of hydrogen-bond donors (Lipinski definition) is 2. The van der Waals surface area contributed by atoms with E-state index >= 15 is 0 Å². The number of carbonyl (C=O) groups excluding carboxylic acids is 1. The molecule has 0 bridgehead atoms. The topological polar surface area (TPSA) is 88.2 Å². The lowest BCUT2D eigenvalue weighted by atomic mass is 10.2. The predicted octanol–water partition coefficient (Wildman–Crippen LogP) is 1.24. The fraction of sp³-hybridized carbons (Fsp3) is 0.0769. The van der Waals surface area contributed by atoms with Gasteiger partial charge in [-0.2, -0.15) is 0 Å². The van der Waals surface area contributed by atoms with Crippen LogP contribution in [0.4, 0.5) is 5.69 Å². The third kappa shape index (κ3) is 3.12. The summed E-state index contributed by atoms with van der Waals surface area (Å²) in [7, 11) is -2.26. The third-order valence-corrected chi connectivity index (χ3v) is 3.93. The molecule has 1 aromatic heterocycles. The van der Waals surface area contributed by atoms with Gasteiger partial charge in [0.25, 0.3) is 15.9 Å². The molecule has 0 saturated carbocycles. The average Bonchev–Trinajstić information content (AvgIpc) is 2.47. The molecular weight excluding hydrogens is 278 g/mol. The summed E-state index contributed by atoms with van der Waals surface area (Å²) in [5.41, 5.74) is 0.638.